The van der Waals surface area contributed by atoms with Gasteiger partial charge in [0.1, 0.15) is 5.82 Å². The molecule has 0 spiro atoms. The quantitative estimate of drug-likeness (QED) is 0.868. The molecule has 0 radical (unpaired) electrons. The Bertz CT molecular complexity index is 592. The molecule has 1 fully saturated rings. The molecule has 4 nitrogen and oxygen atoms in total. The monoisotopic (exact) mass is 301 g/mol. The van der Waals surface area contributed by atoms with Crippen LogP contribution in [0.15, 0.2) is 36.4 Å². The molecule has 2 heterocycles. The van der Waals surface area contributed by atoms with Crippen molar-refractivity contribution in [2.45, 2.75) is 25.9 Å². The smallest absolute Gasteiger partial charge is 0.151 e. The van der Waals surface area contributed by atoms with Crippen LogP contribution >= 0.6 is 0 Å². The fourth-order valence-electron chi connectivity index (χ4n) is 2.76. The highest BCUT2D eigenvalue weighted by atomic mass is 19.1. The van der Waals surface area contributed by atoms with E-state index in [-0.39, 0.29) is 5.82 Å². The van der Waals surface area contributed by atoms with Crippen LogP contribution in [-0.2, 0) is 4.74 Å². The zero-order chi connectivity index (χ0) is 15.4. The lowest BCUT2D eigenvalue weighted by molar-refractivity contribution is 0.0458. The fraction of sp³-hybridized carbons (Fsp3) is 0.412. The molecule has 0 bridgehead atoms. The van der Waals surface area contributed by atoms with Crippen LogP contribution < -0.4 is 4.90 Å². The van der Waals surface area contributed by atoms with Gasteiger partial charge in [0.25, 0.3) is 0 Å². The van der Waals surface area contributed by atoms with E-state index in [0.29, 0.717) is 6.10 Å². The van der Waals surface area contributed by atoms with Crippen molar-refractivity contribution in [3.63, 3.8) is 0 Å². The normalized spacial score (nSPS) is 16.0. The van der Waals surface area contributed by atoms with Gasteiger partial charge in [-0.2, -0.15) is 0 Å². The lowest BCUT2D eigenvalue weighted by Crippen LogP contribution is -2.37. The molecule has 0 saturated carbocycles. The number of anilines is 1. The predicted molar refractivity (Wildman–Crippen MR) is 84.3 cm³/mol. The average Bonchev–Trinajstić information content (AvgIpc) is 2.57. The molecule has 0 amide bonds. The molecule has 0 N–H and O–H groups in total. The number of rotatable bonds is 4. The summed E-state index contributed by atoms with van der Waals surface area (Å²) in [5.74, 6) is 0.645. The molecule has 5 heteroatoms. The number of piperidine rings is 1. The molecule has 22 heavy (non-hydrogen) atoms. The zero-order valence-electron chi connectivity index (χ0n) is 12.7. The predicted octanol–water partition coefficient (Wildman–Crippen LogP) is 3.29. The standard InChI is InChI=1S/C17H20FN3O/c1-2-22-15-9-11-21(12-10-15)17-8-7-16(19-20-17)13-3-5-14(18)6-4-13/h3-8,15H,2,9-12H2,1H3. The second-order valence-electron chi connectivity index (χ2n) is 5.43. The van der Waals surface area contributed by atoms with Gasteiger partial charge in [-0.3, -0.25) is 0 Å². The van der Waals surface area contributed by atoms with Gasteiger partial charge in [-0.25, -0.2) is 4.39 Å². The number of hydrogen-bond acceptors (Lipinski definition) is 4. The molecule has 1 aliphatic rings. The number of ether oxygens (including phenoxy) is 1. The van der Waals surface area contributed by atoms with Crippen LogP contribution in [0.2, 0.25) is 0 Å². The average molecular weight is 301 g/mol. The maximum atomic E-state index is 12.9. The number of halogens is 1. The van der Waals surface area contributed by atoms with Gasteiger partial charge in [-0.1, -0.05) is 0 Å². The minimum atomic E-state index is -0.245. The van der Waals surface area contributed by atoms with E-state index in [1.165, 1.54) is 12.1 Å². The number of hydrogen-bond donors (Lipinski definition) is 0. The third-order valence-electron chi connectivity index (χ3n) is 3.96. The van der Waals surface area contributed by atoms with Gasteiger partial charge in [0, 0.05) is 25.3 Å². The van der Waals surface area contributed by atoms with E-state index in [4.69, 9.17) is 4.74 Å². The Hall–Kier alpha value is -2.01. The highest BCUT2D eigenvalue weighted by Gasteiger charge is 2.20. The molecule has 1 aromatic carbocycles. The Morgan fingerprint density at radius 1 is 1.09 bits per heavy atom. The zero-order valence-corrected chi connectivity index (χ0v) is 12.7. The Morgan fingerprint density at radius 2 is 1.82 bits per heavy atom. The van der Waals surface area contributed by atoms with Gasteiger partial charge in [0.15, 0.2) is 5.82 Å². The maximum Gasteiger partial charge on any atom is 0.151 e. The second-order valence-corrected chi connectivity index (χ2v) is 5.43. The first-order chi connectivity index (χ1) is 10.8. The van der Waals surface area contributed by atoms with Crippen LogP contribution in [0, 0.1) is 5.82 Å². The van der Waals surface area contributed by atoms with Crippen LogP contribution in [0.1, 0.15) is 19.8 Å². The van der Waals surface area contributed by atoms with Crippen LogP contribution in [0.3, 0.4) is 0 Å². The first-order valence-electron chi connectivity index (χ1n) is 7.72. The van der Waals surface area contributed by atoms with Gasteiger partial charge in [-0.15, -0.1) is 10.2 Å². The van der Waals surface area contributed by atoms with Gasteiger partial charge in [0.2, 0.25) is 0 Å². The summed E-state index contributed by atoms with van der Waals surface area (Å²) in [5.41, 5.74) is 1.63. The molecular weight excluding hydrogens is 281 g/mol. The first-order valence-corrected chi connectivity index (χ1v) is 7.72. The van der Waals surface area contributed by atoms with Crippen molar-refractivity contribution in [2.75, 3.05) is 24.6 Å². The molecule has 0 atom stereocenters. The summed E-state index contributed by atoms with van der Waals surface area (Å²) in [6.07, 6.45) is 2.41. The Kier molecular flexibility index (Phi) is 4.63. The van der Waals surface area contributed by atoms with Crippen molar-refractivity contribution < 1.29 is 9.13 Å². The highest BCUT2D eigenvalue weighted by molar-refractivity contribution is 5.59. The third kappa shape index (κ3) is 3.42. The maximum absolute atomic E-state index is 12.9. The molecule has 0 unspecified atom stereocenters. The van der Waals surface area contributed by atoms with E-state index in [9.17, 15) is 4.39 Å². The summed E-state index contributed by atoms with van der Waals surface area (Å²) >= 11 is 0. The number of aromatic nitrogens is 2. The van der Waals surface area contributed by atoms with Crippen molar-refractivity contribution in [2.24, 2.45) is 0 Å². The molecule has 1 aromatic heterocycles. The minimum Gasteiger partial charge on any atom is -0.378 e. The van der Waals surface area contributed by atoms with Crippen LogP contribution in [-0.4, -0.2) is 36.0 Å². The molecule has 1 saturated heterocycles. The Labute approximate surface area is 129 Å². The summed E-state index contributed by atoms with van der Waals surface area (Å²) in [4.78, 5) is 2.23. The van der Waals surface area contributed by atoms with Crippen molar-refractivity contribution in [3.8, 4) is 11.3 Å². The minimum absolute atomic E-state index is 0.245. The molecule has 2 aromatic rings. The topological polar surface area (TPSA) is 38.2 Å². The molecule has 3 rings (SSSR count). The van der Waals surface area contributed by atoms with Gasteiger partial charge in [-0.05, 0) is 56.2 Å². The Balaban J connectivity index is 1.66. The Morgan fingerprint density at radius 3 is 2.41 bits per heavy atom. The van der Waals surface area contributed by atoms with Crippen LogP contribution in [0.25, 0.3) is 11.3 Å². The van der Waals surface area contributed by atoms with Crippen molar-refractivity contribution >= 4 is 5.82 Å². The number of benzene rings is 1. The largest absolute Gasteiger partial charge is 0.378 e. The molecule has 1 aliphatic heterocycles. The SMILES string of the molecule is CCOC1CCN(c2ccc(-c3ccc(F)cc3)nn2)CC1. The van der Waals surface area contributed by atoms with E-state index in [2.05, 4.69) is 15.1 Å². The van der Waals surface area contributed by atoms with E-state index >= 15 is 0 Å². The van der Waals surface area contributed by atoms with Crippen LogP contribution in [0.5, 0.6) is 0 Å². The van der Waals surface area contributed by atoms with E-state index < -0.39 is 0 Å². The van der Waals surface area contributed by atoms with Crippen molar-refractivity contribution in [1.82, 2.24) is 10.2 Å². The number of nitrogens with zero attached hydrogens (tertiary/aromatic N) is 3. The summed E-state index contributed by atoms with van der Waals surface area (Å²) in [7, 11) is 0. The second kappa shape index (κ2) is 6.83. The lowest BCUT2D eigenvalue weighted by Gasteiger charge is -2.32. The van der Waals surface area contributed by atoms with Gasteiger partial charge >= 0.3 is 0 Å². The van der Waals surface area contributed by atoms with Crippen molar-refractivity contribution in [1.29, 1.82) is 0 Å². The lowest BCUT2D eigenvalue weighted by atomic mass is 10.1. The molecular formula is C17H20FN3O. The molecule has 116 valence electrons. The van der Waals surface area contributed by atoms with Gasteiger partial charge in [0.05, 0.1) is 11.8 Å². The molecule has 0 aliphatic carbocycles. The van der Waals surface area contributed by atoms with E-state index in [1.54, 1.807) is 12.1 Å². The van der Waals surface area contributed by atoms with Gasteiger partial charge < -0.3 is 9.64 Å². The van der Waals surface area contributed by atoms with E-state index in [0.717, 1.165) is 49.6 Å². The third-order valence-corrected chi connectivity index (χ3v) is 3.96. The first kappa shape index (κ1) is 14.9. The van der Waals surface area contributed by atoms with E-state index in [1.807, 2.05) is 19.1 Å². The summed E-state index contributed by atoms with van der Waals surface area (Å²) in [6, 6.07) is 10.2. The van der Waals surface area contributed by atoms with Crippen LogP contribution in [0.4, 0.5) is 10.2 Å². The highest BCUT2D eigenvalue weighted by Crippen LogP contribution is 2.22. The summed E-state index contributed by atoms with van der Waals surface area (Å²) in [5, 5.41) is 8.58. The fourth-order valence-corrected chi connectivity index (χ4v) is 2.76. The summed E-state index contributed by atoms with van der Waals surface area (Å²) < 4.78 is 18.6. The van der Waals surface area contributed by atoms with Crippen molar-refractivity contribution in [3.05, 3.63) is 42.2 Å². The summed E-state index contributed by atoms with van der Waals surface area (Å²) in [6.45, 7) is 4.69.